The Bertz CT molecular complexity index is 1130. The molecule has 2 aromatic heterocycles. The van der Waals surface area contributed by atoms with E-state index >= 15 is 0 Å². The molecule has 2 heterocycles. The maximum atomic E-state index is 12.5. The molecule has 0 aliphatic rings. The van der Waals surface area contributed by atoms with Crippen molar-refractivity contribution in [3.8, 4) is 5.75 Å². The standard InChI is InChI=1S/C18H16N6O2S/c25-17(22-24-12-19-21-18(24)27)10-23-15-9-5-4-8-14(15)20-16(23)11-26-13-6-2-1-3-7-13/h1-9,12H,10-11H2,(H,21,27)(H,22,25). The van der Waals surface area contributed by atoms with E-state index in [-0.39, 0.29) is 19.1 Å². The fourth-order valence-corrected chi connectivity index (χ4v) is 2.86. The van der Waals surface area contributed by atoms with Crippen molar-refractivity contribution in [3.05, 3.63) is 71.5 Å². The normalized spacial score (nSPS) is 10.8. The maximum Gasteiger partial charge on any atom is 0.258 e. The zero-order valence-electron chi connectivity index (χ0n) is 14.2. The summed E-state index contributed by atoms with van der Waals surface area (Å²) in [6, 6.07) is 17.1. The topological polar surface area (TPSA) is 89.8 Å². The van der Waals surface area contributed by atoms with Crippen LogP contribution in [0.4, 0.5) is 0 Å². The van der Waals surface area contributed by atoms with Gasteiger partial charge in [-0.15, -0.1) is 0 Å². The Balaban J connectivity index is 1.59. The van der Waals surface area contributed by atoms with Gasteiger partial charge in [0.05, 0.1) is 11.0 Å². The van der Waals surface area contributed by atoms with Crippen LogP contribution in [0, 0.1) is 4.77 Å². The third-order valence-corrected chi connectivity index (χ3v) is 4.23. The molecule has 0 saturated heterocycles. The van der Waals surface area contributed by atoms with Crippen LogP contribution in [0.5, 0.6) is 5.75 Å². The van der Waals surface area contributed by atoms with Gasteiger partial charge in [0.2, 0.25) is 4.77 Å². The van der Waals surface area contributed by atoms with Crippen LogP contribution in [-0.4, -0.2) is 30.3 Å². The van der Waals surface area contributed by atoms with Gasteiger partial charge in [0.1, 0.15) is 31.1 Å². The van der Waals surface area contributed by atoms with Crippen LogP contribution in [0.3, 0.4) is 0 Å². The number of carbonyl (C=O) groups is 1. The van der Waals surface area contributed by atoms with Gasteiger partial charge in [-0.25, -0.2) is 9.66 Å². The van der Waals surface area contributed by atoms with Crippen molar-refractivity contribution in [1.82, 2.24) is 24.4 Å². The molecule has 0 spiro atoms. The number of H-pyrrole nitrogens is 1. The van der Waals surface area contributed by atoms with E-state index in [0.717, 1.165) is 16.8 Å². The molecule has 4 aromatic rings. The Labute approximate surface area is 159 Å². The highest BCUT2D eigenvalue weighted by molar-refractivity contribution is 7.71. The van der Waals surface area contributed by atoms with E-state index in [4.69, 9.17) is 17.0 Å². The molecule has 2 N–H and O–H groups in total. The number of hydrogen-bond donors (Lipinski definition) is 2. The summed E-state index contributed by atoms with van der Waals surface area (Å²) in [5.41, 5.74) is 4.34. The smallest absolute Gasteiger partial charge is 0.258 e. The van der Waals surface area contributed by atoms with E-state index in [1.807, 2.05) is 59.2 Å². The van der Waals surface area contributed by atoms with Gasteiger partial charge in [-0.2, -0.15) is 5.10 Å². The highest BCUT2D eigenvalue weighted by Crippen LogP contribution is 2.18. The van der Waals surface area contributed by atoms with Crippen molar-refractivity contribution in [2.24, 2.45) is 0 Å². The molecule has 0 atom stereocenters. The average molecular weight is 380 g/mol. The molecule has 0 aliphatic carbocycles. The minimum Gasteiger partial charge on any atom is -0.486 e. The number of fused-ring (bicyclic) bond motifs is 1. The molecule has 136 valence electrons. The number of benzene rings is 2. The summed E-state index contributed by atoms with van der Waals surface area (Å²) in [6.45, 7) is 0.318. The maximum absolute atomic E-state index is 12.5. The molecule has 0 saturated carbocycles. The number of imidazole rings is 1. The molecular formula is C18H16N6O2S. The first-order valence-electron chi connectivity index (χ1n) is 8.24. The van der Waals surface area contributed by atoms with Gasteiger partial charge < -0.3 is 9.30 Å². The predicted octanol–water partition coefficient (Wildman–Crippen LogP) is 2.64. The molecule has 0 radical (unpaired) electrons. The zero-order valence-corrected chi connectivity index (χ0v) is 15.0. The molecular weight excluding hydrogens is 364 g/mol. The monoisotopic (exact) mass is 380 g/mol. The van der Waals surface area contributed by atoms with Crippen molar-refractivity contribution in [3.63, 3.8) is 0 Å². The molecule has 0 aliphatic heterocycles. The SMILES string of the molecule is O=C(Cn1c(COc2ccccc2)nc2ccccc21)Nn1cn[nH]c1=S. The van der Waals surface area contributed by atoms with Crippen molar-refractivity contribution in [1.29, 1.82) is 0 Å². The van der Waals surface area contributed by atoms with E-state index in [2.05, 4.69) is 20.6 Å². The Morgan fingerprint density at radius 1 is 1.15 bits per heavy atom. The lowest BCUT2D eigenvalue weighted by Gasteiger charge is -2.11. The minimum atomic E-state index is -0.253. The van der Waals surface area contributed by atoms with Gasteiger partial charge in [-0.05, 0) is 36.5 Å². The van der Waals surface area contributed by atoms with Gasteiger partial charge >= 0.3 is 0 Å². The average Bonchev–Trinajstić information content (AvgIpc) is 3.24. The summed E-state index contributed by atoms with van der Waals surface area (Å²) in [5.74, 6) is 1.15. The first kappa shape index (κ1) is 17.0. The van der Waals surface area contributed by atoms with Crippen LogP contribution in [0.2, 0.25) is 0 Å². The quantitative estimate of drug-likeness (QED) is 0.502. The first-order valence-corrected chi connectivity index (χ1v) is 8.65. The lowest BCUT2D eigenvalue weighted by atomic mass is 10.3. The number of nitrogens with zero attached hydrogens (tertiary/aromatic N) is 4. The van der Waals surface area contributed by atoms with E-state index in [1.165, 1.54) is 11.0 Å². The second-order valence-corrected chi connectivity index (χ2v) is 6.16. The molecule has 2 aromatic carbocycles. The number of ether oxygens (including phenoxy) is 1. The van der Waals surface area contributed by atoms with Gasteiger partial charge in [-0.1, -0.05) is 30.3 Å². The van der Waals surface area contributed by atoms with Gasteiger partial charge in [-0.3, -0.25) is 15.3 Å². The molecule has 0 fully saturated rings. The van der Waals surface area contributed by atoms with E-state index in [9.17, 15) is 4.79 Å². The Hall–Kier alpha value is -3.46. The summed E-state index contributed by atoms with van der Waals surface area (Å²) in [6.07, 6.45) is 1.41. The molecule has 9 heteroatoms. The van der Waals surface area contributed by atoms with Crippen LogP contribution in [0.25, 0.3) is 11.0 Å². The van der Waals surface area contributed by atoms with Crippen molar-refractivity contribution in [2.75, 3.05) is 5.43 Å². The molecule has 27 heavy (non-hydrogen) atoms. The van der Waals surface area contributed by atoms with Gasteiger partial charge in [0, 0.05) is 0 Å². The summed E-state index contributed by atoms with van der Waals surface area (Å²) >= 11 is 5.04. The zero-order chi connectivity index (χ0) is 18.6. The Morgan fingerprint density at radius 3 is 2.70 bits per heavy atom. The number of para-hydroxylation sites is 3. The van der Waals surface area contributed by atoms with E-state index < -0.39 is 0 Å². The van der Waals surface area contributed by atoms with E-state index in [1.54, 1.807) is 0 Å². The van der Waals surface area contributed by atoms with Gasteiger partial charge in [0.15, 0.2) is 0 Å². The lowest BCUT2D eigenvalue weighted by molar-refractivity contribution is -0.117. The molecule has 8 nitrogen and oxygen atoms in total. The lowest BCUT2D eigenvalue weighted by Crippen LogP contribution is -2.27. The highest BCUT2D eigenvalue weighted by atomic mass is 32.1. The minimum absolute atomic E-state index is 0.0704. The highest BCUT2D eigenvalue weighted by Gasteiger charge is 2.14. The number of hydrogen-bond acceptors (Lipinski definition) is 5. The molecule has 0 bridgehead atoms. The predicted molar refractivity (Wildman–Crippen MR) is 102 cm³/mol. The largest absolute Gasteiger partial charge is 0.486 e. The van der Waals surface area contributed by atoms with Crippen molar-refractivity contribution in [2.45, 2.75) is 13.2 Å². The fraction of sp³-hybridized carbons (Fsp3) is 0.111. The second kappa shape index (κ2) is 7.42. The third-order valence-electron chi connectivity index (χ3n) is 3.94. The molecule has 1 amide bonds. The van der Waals surface area contributed by atoms with Crippen LogP contribution < -0.4 is 10.2 Å². The number of nitrogens with one attached hydrogen (secondary N) is 2. The van der Waals surface area contributed by atoms with E-state index in [0.29, 0.717) is 10.6 Å². The number of rotatable bonds is 6. The Kier molecular flexibility index (Phi) is 4.67. The molecule has 0 unspecified atom stereocenters. The first-order chi connectivity index (χ1) is 13.2. The summed E-state index contributed by atoms with van der Waals surface area (Å²) in [4.78, 5) is 17.1. The van der Waals surface area contributed by atoms with Gasteiger partial charge in [0.25, 0.3) is 5.91 Å². The van der Waals surface area contributed by atoms with Crippen molar-refractivity contribution < 1.29 is 9.53 Å². The van der Waals surface area contributed by atoms with Crippen LogP contribution >= 0.6 is 12.2 Å². The van der Waals surface area contributed by atoms with Crippen LogP contribution in [0.1, 0.15) is 5.82 Å². The fourth-order valence-electron chi connectivity index (χ4n) is 2.72. The van der Waals surface area contributed by atoms with Crippen LogP contribution in [-0.2, 0) is 17.9 Å². The van der Waals surface area contributed by atoms with Crippen molar-refractivity contribution >= 4 is 29.2 Å². The van der Waals surface area contributed by atoms with Crippen LogP contribution in [0.15, 0.2) is 60.9 Å². The third kappa shape index (κ3) is 3.72. The summed E-state index contributed by atoms with van der Waals surface area (Å²) in [7, 11) is 0. The molecule has 4 rings (SSSR count). The summed E-state index contributed by atoms with van der Waals surface area (Å²) < 4.78 is 9.32. The number of aromatic nitrogens is 5. The number of aromatic amines is 1. The second-order valence-electron chi connectivity index (χ2n) is 5.77. The Morgan fingerprint density at radius 2 is 1.93 bits per heavy atom. The number of carbonyl (C=O) groups excluding carboxylic acids is 1. The number of amides is 1. The summed E-state index contributed by atoms with van der Waals surface area (Å²) in [5, 5.41) is 6.37.